The van der Waals surface area contributed by atoms with Crippen molar-refractivity contribution < 1.29 is 4.79 Å². The molecule has 1 saturated heterocycles. The first kappa shape index (κ1) is 14.6. The summed E-state index contributed by atoms with van der Waals surface area (Å²) < 4.78 is 1.00. The summed E-state index contributed by atoms with van der Waals surface area (Å²) in [6.07, 6.45) is 1.01. The Bertz CT molecular complexity index is 698. The number of halogens is 1. The van der Waals surface area contributed by atoms with Crippen molar-refractivity contribution in [1.82, 2.24) is 9.80 Å². The number of nitrogen functional groups attached to an aromatic ring is 1. The number of carbonyl (C=O) groups excluding carboxylic acids is 1. The Hall–Kier alpha value is -1.30. The third kappa shape index (κ3) is 2.61. The molecule has 21 heavy (non-hydrogen) atoms. The highest BCUT2D eigenvalue weighted by molar-refractivity contribution is 7.21. The smallest absolute Gasteiger partial charge is 0.266 e. The number of fused-ring (bicyclic) bond motifs is 1. The normalized spacial score (nSPS) is 18.9. The number of carbonyl (C=O) groups is 1. The van der Waals surface area contributed by atoms with Crippen molar-refractivity contribution >= 4 is 44.6 Å². The largest absolute Gasteiger partial charge is 0.397 e. The highest BCUT2D eigenvalue weighted by atomic mass is 35.5. The van der Waals surface area contributed by atoms with Crippen LogP contribution in [0.15, 0.2) is 18.2 Å². The molecule has 0 radical (unpaired) electrons. The summed E-state index contributed by atoms with van der Waals surface area (Å²) in [4.78, 5) is 17.4. The second-order valence-corrected chi connectivity index (χ2v) is 7.13. The van der Waals surface area contributed by atoms with E-state index in [0.29, 0.717) is 21.6 Å². The van der Waals surface area contributed by atoms with E-state index in [1.165, 1.54) is 11.3 Å². The van der Waals surface area contributed by atoms with Gasteiger partial charge in [0.1, 0.15) is 4.88 Å². The number of hydrogen-bond donors (Lipinski definition) is 1. The SMILES string of the molecule is CN(C)C1CCN(C(=O)c2sc3ccc(Cl)cc3c2N)C1. The molecule has 2 heterocycles. The molecule has 1 unspecified atom stereocenters. The summed E-state index contributed by atoms with van der Waals surface area (Å²) >= 11 is 7.46. The van der Waals surface area contributed by atoms with Crippen LogP contribution in [0.3, 0.4) is 0 Å². The summed E-state index contributed by atoms with van der Waals surface area (Å²) in [5.41, 5.74) is 6.72. The number of rotatable bonds is 2. The van der Waals surface area contributed by atoms with E-state index < -0.39 is 0 Å². The van der Waals surface area contributed by atoms with Crippen LogP contribution in [-0.2, 0) is 0 Å². The molecular weight excluding hydrogens is 306 g/mol. The molecule has 1 aromatic carbocycles. The van der Waals surface area contributed by atoms with Crippen LogP contribution < -0.4 is 5.73 Å². The zero-order chi connectivity index (χ0) is 15.1. The lowest BCUT2D eigenvalue weighted by Gasteiger charge is -2.20. The minimum atomic E-state index is 0.0363. The summed E-state index contributed by atoms with van der Waals surface area (Å²) in [6, 6.07) is 6.00. The minimum Gasteiger partial charge on any atom is -0.397 e. The van der Waals surface area contributed by atoms with E-state index in [-0.39, 0.29) is 5.91 Å². The van der Waals surface area contributed by atoms with Crippen LogP contribution in [0.4, 0.5) is 5.69 Å². The van der Waals surface area contributed by atoms with Crippen molar-refractivity contribution in [3.05, 3.63) is 28.1 Å². The van der Waals surface area contributed by atoms with Gasteiger partial charge in [0.15, 0.2) is 0 Å². The Morgan fingerprint density at radius 2 is 2.24 bits per heavy atom. The monoisotopic (exact) mass is 323 g/mol. The Balaban J connectivity index is 1.90. The lowest BCUT2D eigenvalue weighted by atomic mass is 10.2. The van der Waals surface area contributed by atoms with Crippen molar-refractivity contribution in [1.29, 1.82) is 0 Å². The van der Waals surface area contributed by atoms with E-state index in [1.54, 1.807) is 0 Å². The van der Waals surface area contributed by atoms with Crippen LogP contribution in [-0.4, -0.2) is 48.9 Å². The van der Waals surface area contributed by atoms with E-state index in [1.807, 2.05) is 23.1 Å². The Labute approximate surface area is 133 Å². The molecule has 0 spiro atoms. The molecule has 1 amide bonds. The average molecular weight is 324 g/mol. The molecule has 2 N–H and O–H groups in total. The van der Waals surface area contributed by atoms with Gasteiger partial charge in [0.25, 0.3) is 5.91 Å². The van der Waals surface area contributed by atoms with Gasteiger partial charge in [-0.2, -0.15) is 0 Å². The fourth-order valence-corrected chi connectivity index (χ4v) is 3.98. The van der Waals surface area contributed by atoms with Crippen molar-refractivity contribution in [3.8, 4) is 0 Å². The second-order valence-electron chi connectivity index (χ2n) is 5.64. The van der Waals surface area contributed by atoms with Crippen LogP contribution >= 0.6 is 22.9 Å². The van der Waals surface area contributed by atoms with Gasteiger partial charge in [-0.05, 0) is 38.7 Å². The van der Waals surface area contributed by atoms with Gasteiger partial charge in [0, 0.05) is 34.2 Å². The average Bonchev–Trinajstić information content (AvgIpc) is 3.04. The molecule has 0 saturated carbocycles. The predicted octanol–water partition coefficient (Wildman–Crippen LogP) is 2.91. The maximum absolute atomic E-state index is 12.7. The van der Waals surface area contributed by atoms with Crippen molar-refractivity contribution in [3.63, 3.8) is 0 Å². The third-order valence-corrected chi connectivity index (χ3v) is 5.47. The zero-order valence-electron chi connectivity index (χ0n) is 12.1. The van der Waals surface area contributed by atoms with Gasteiger partial charge < -0.3 is 15.5 Å². The van der Waals surface area contributed by atoms with Gasteiger partial charge in [-0.3, -0.25) is 4.79 Å². The Kier molecular flexibility index (Phi) is 3.82. The quantitative estimate of drug-likeness (QED) is 0.924. The van der Waals surface area contributed by atoms with E-state index in [2.05, 4.69) is 19.0 Å². The minimum absolute atomic E-state index is 0.0363. The molecule has 3 rings (SSSR count). The van der Waals surface area contributed by atoms with Crippen LogP contribution in [0.2, 0.25) is 5.02 Å². The number of benzene rings is 1. The Morgan fingerprint density at radius 1 is 1.48 bits per heavy atom. The maximum Gasteiger partial charge on any atom is 0.266 e. The third-order valence-electron chi connectivity index (χ3n) is 4.06. The lowest BCUT2D eigenvalue weighted by molar-refractivity contribution is 0.0789. The summed E-state index contributed by atoms with van der Waals surface area (Å²) in [6.45, 7) is 1.55. The first-order chi connectivity index (χ1) is 9.97. The molecule has 112 valence electrons. The standard InChI is InChI=1S/C15H18ClN3OS/c1-18(2)10-5-6-19(8-10)15(20)14-13(17)11-7-9(16)3-4-12(11)21-14/h3-4,7,10H,5-6,8,17H2,1-2H3. The second kappa shape index (κ2) is 5.48. The number of hydrogen-bond acceptors (Lipinski definition) is 4. The molecule has 1 aliphatic rings. The molecule has 1 atom stereocenters. The number of likely N-dealkylation sites (N-methyl/N-ethyl adjacent to an activating group) is 1. The van der Waals surface area contributed by atoms with Crippen LogP contribution in [0, 0.1) is 0 Å². The molecule has 4 nitrogen and oxygen atoms in total. The summed E-state index contributed by atoms with van der Waals surface area (Å²) in [5.74, 6) is 0.0363. The van der Waals surface area contributed by atoms with Crippen molar-refractivity contribution in [2.45, 2.75) is 12.5 Å². The number of amides is 1. The summed E-state index contributed by atoms with van der Waals surface area (Å²) in [7, 11) is 4.10. The van der Waals surface area contributed by atoms with E-state index in [9.17, 15) is 4.79 Å². The first-order valence-electron chi connectivity index (χ1n) is 6.90. The van der Waals surface area contributed by atoms with Crippen LogP contribution in [0.25, 0.3) is 10.1 Å². The fourth-order valence-electron chi connectivity index (χ4n) is 2.74. The number of likely N-dealkylation sites (tertiary alicyclic amines) is 1. The van der Waals surface area contributed by atoms with E-state index in [4.69, 9.17) is 17.3 Å². The van der Waals surface area contributed by atoms with E-state index in [0.717, 1.165) is 29.6 Å². The predicted molar refractivity (Wildman–Crippen MR) is 89.2 cm³/mol. The maximum atomic E-state index is 12.7. The highest BCUT2D eigenvalue weighted by Gasteiger charge is 2.30. The fraction of sp³-hybridized carbons (Fsp3) is 0.400. The zero-order valence-corrected chi connectivity index (χ0v) is 13.7. The number of anilines is 1. The lowest BCUT2D eigenvalue weighted by Crippen LogP contribution is -2.34. The number of nitrogens with zero attached hydrogens (tertiary/aromatic N) is 2. The van der Waals surface area contributed by atoms with Crippen molar-refractivity contribution in [2.75, 3.05) is 32.9 Å². The number of nitrogens with two attached hydrogens (primary N) is 1. The molecule has 0 aliphatic carbocycles. The molecule has 1 aliphatic heterocycles. The molecule has 2 aromatic rings. The van der Waals surface area contributed by atoms with Gasteiger partial charge in [-0.25, -0.2) is 0 Å². The number of thiophene rings is 1. The Morgan fingerprint density at radius 3 is 2.90 bits per heavy atom. The van der Waals surface area contributed by atoms with Crippen LogP contribution in [0.1, 0.15) is 16.1 Å². The molecule has 6 heteroatoms. The highest BCUT2D eigenvalue weighted by Crippen LogP contribution is 2.36. The van der Waals surface area contributed by atoms with Gasteiger partial charge in [0.2, 0.25) is 0 Å². The molecule has 1 fully saturated rings. The van der Waals surface area contributed by atoms with Crippen molar-refractivity contribution in [2.24, 2.45) is 0 Å². The molecular formula is C15H18ClN3OS. The van der Waals surface area contributed by atoms with Gasteiger partial charge >= 0.3 is 0 Å². The first-order valence-corrected chi connectivity index (χ1v) is 8.10. The van der Waals surface area contributed by atoms with Gasteiger partial charge in [-0.15, -0.1) is 11.3 Å². The topological polar surface area (TPSA) is 49.6 Å². The molecule has 0 bridgehead atoms. The molecule has 1 aromatic heterocycles. The van der Waals surface area contributed by atoms with E-state index >= 15 is 0 Å². The van der Waals surface area contributed by atoms with Gasteiger partial charge in [-0.1, -0.05) is 11.6 Å². The van der Waals surface area contributed by atoms with Crippen LogP contribution in [0.5, 0.6) is 0 Å². The summed E-state index contributed by atoms with van der Waals surface area (Å²) in [5, 5.41) is 1.51. The van der Waals surface area contributed by atoms with Gasteiger partial charge in [0.05, 0.1) is 5.69 Å².